The van der Waals surface area contributed by atoms with Gasteiger partial charge in [-0.25, -0.2) is 0 Å². The fourth-order valence-electron chi connectivity index (χ4n) is 2.05. The minimum Gasteiger partial charge on any atom is -0.497 e. The predicted octanol–water partition coefficient (Wildman–Crippen LogP) is 3.72. The number of halogens is 1. The minimum atomic E-state index is -0.180. The van der Waals surface area contributed by atoms with Crippen LogP contribution in [0.3, 0.4) is 0 Å². The molecule has 122 valence electrons. The summed E-state index contributed by atoms with van der Waals surface area (Å²) >= 11 is 5.95. The first-order valence-electron chi connectivity index (χ1n) is 7.05. The molecule has 0 saturated carbocycles. The van der Waals surface area contributed by atoms with Crippen LogP contribution in [-0.2, 0) is 4.79 Å². The average molecular weight is 335 g/mol. The molecule has 0 aliphatic heterocycles. The molecule has 23 heavy (non-hydrogen) atoms. The predicted molar refractivity (Wildman–Crippen MR) is 92.9 cm³/mol. The number of aryl methyl sites for hydroxylation is 1. The Kier molecular flexibility index (Phi) is 5.71. The molecule has 0 aliphatic rings. The van der Waals surface area contributed by atoms with Crippen LogP contribution in [0.1, 0.15) is 5.56 Å². The van der Waals surface area contributed by atoms with Crippen LogP contribution in [0.2, 0.25) is 5.02 Å². The standard InChI is InChI=1S/C17H19ClN2O3/c1-11-4-5-12(18)8-14(11)20-17(21)10-19-15-9-13(22-2)6-7-16(15)23-3/h4-9,19H,10H2,1-3H3,(H,20,21). The lowest BCUT2D eigenvalue weighted by Gasteiger charge is -2.13. The number of hydrogen-bond acceptors (Lipinski definition) is 4. The highest BCUT2D eigenvalue weighted by Gasteiger charge is 2.09. The average Bonchev–Trinajstić information content (AvgIpc) is 2.56. The number of amides is 1. The van der Waals surface area contributed by atoms with Crippen molar-refractivity contribution in [1.82, 2.24) is 0 Å². The largest absolute Gasteiger partial charge is 0.497 e. The molecule has 0 fully saturated rings. The van der Waals surface area contributed by atoms with Crippen molar-refractivity contribution in [3.05, 3.63) is 47.0 Å². The van der Waals surface area contributed by atoms with Gasteiger partial charge in [-0.15, -0.1) is 0 Å². The van der Waals surface area contributed by atoms with Crippen LogP contribution in [0, 0.1) is 6.92 Å². The van der Waals surface area contributed by atoms with Crippen LogP contribution >= 0.6 is 11.6 Å². The molecule has 2 aromatic rings. The maximum absolute atomic E-state index is 12.1. The first kappa shape index (κ1) is 17.0. The van der Waals surface area contributed by atoms with Crippen LogP contribution in [0.4, 0.5) is 11.4 Å². The number of nitrogens with one attached hydrogen (secondary N) is 2. The molecule has 0 spiro atoms. The highest BCUT2D eigenvalue weighted by atomic mass is 35.5. The van der Waals surface area contributed by atoms with Crippen molar-refractivity contribution in [3.8, 4) is 11.5 Å². The van der Waals surface area contributed by atoms with Crippen molar-refractivity contribution < 1.29 is 14.3 Å². The summed E-state index contributed by atoms with van der Waals surface area (Å²) in [5.74, 6) is 1.14. The van der Waals surface area contributed by atoms with Gasteiger partial charge in [-0.05, 0) is 36.8 Å². The summed E-state index contributed by atoms with van der Waals surface area (Å²) < 4.78 is 10.4. The van der Waals surface area contributed by atoms with Gasteiger partial charge >= 0.3 is 0 Å². The third-order valence-corrected chi connectivity index (χ3v) is 3.55. The Morgan fingerprint density at radius 3 is 2.57 bits per heavy atom. The van der Waals surface area contributed by atoms with Gasteiger partial charge in [-0.2, -0.15) is 0 Å². The molecule has 5 nitrogen and oxygen atoms in total. The Morgan fingerprint density at radius 2 is 1.87 bits per heavy atom. The normalized spacial score (nSPS) is 10.1. The third-order valence-electron chi connectivity index (χ3n) is 3.32. The lowest BCUT2D eigenvalue weighted by atomic mass is 10.2. The van der Waals surface area contributed by atoms with Crippen LogP contribution in [0.5, 0.6) is 11.5 Å². The third kappa shape index (κ3) is 4.53. The number of ether oxygens (including phenoxy) is 2. The summed E-state index contributed by atoms with van der Waals surface area (Å²) in [5, 5.41) is 6.45. The second kappa shape index (κ2) is 7.74. The van der Waals surface area contributed by atoms with Crippen molar-refractivity contribution in [3.63, 3.8) is 0 Å². The fourth-order valence-corrected chi connectivity index (χ4v) is 2.22. The summed E-state index contributed by atoms with van der Waals surface area (Å²) in [6.07, 6.45) is 0. The van der Waals surface area contributed by atoms with Crippen LogP contribution in [0.15, 0.2) is 36.4 Å². The van der Waals surface area contributed by atoms with Crippen molar-refractivity contribution in [2.75, 3.05) is 31.4 Å². The summed E-state index contributed by atoms with van der Waals surface area (Å²) in [6, 6.07) is 10.7. The van der Waals surface area contributed by atoms with E-state index in [-0.39, 0.29) is 12.5 Å². The van der Waals surface area contributed by atoms with Gasteiger partial charge in [0.15, 0.2) is 0 Å². The number of methoxy groups -OCH3 is 2. The highest BCUT2D eigenvalue weighted by molar-refractivity contribution is 6.31. The van der Waals surface area contributed by atoms with Crippen LogP contribution < -0.4 is 20.1 Å². The van der Waals surface area contributed by atoms with E-state index in [4.69, 9.17) is 21.1 Å². The first-order valence-corrected chi connectivity index (χ1v) is 7.43. The van der Waals surface area contributed by atoms with Gasteiger partial charge in [0.05, 0.1) is 26.5 Å². The maximum atomic E-state index is 12.1. The molecule has 2 aromatic carbocycles. The molecule has 0 saturated heterocycles. The van der Waals surface area contributed by atoms with Crippen molar-refractivity contribution in [1.29, 1.82) is 0 Å². The Labute approximate surface area is 140 Å². The first-order chi connectivity index (χ1) is 11.0. The molecular weight excluding hydrogens is 316 g/mol. The second-order valence-electron chi connectivity index (χ2n) is 4.93. The van der Waals surface area contributed by atoms with E-state index in [2.05, 4.69) is 10.6 Å². The van der Waals surface area contributed by atoms with Crippen LogP contribution in [0.25, 0.3) is 0 Å². The molecule has 2 rings (SSSR count). The van der Waals surface area contributed by atoms with Crippen molar-refractivity contribution in [2.45, 2.75) is 6.92 Å². The van der Waals surface area contributed by atoms with E-state index in [0.29, 0.717) is 27.9 Å². The number of carbonyl (C=O) groups is 1. The van der Waals surface area contributed by atoms with Gasteiger partial charge in [-0.3, -0.25) is 4.79 Å². The van der Waals surface area contributed by atoms with Crippen LogP contribution in [-0.4, -0.2) is 26.7 Å². The van der Waals surface area contributed by atoms with E-state index in [1.807, 2.05) is 13.0 Å². The zero-order valence-electron chi connectivity index (χ0n) is 13.3. The molecule has 2 N–H and O–H groups in total. The van der Waals surface area contributed by atoms with Gasteiger partial charge in [-0.1, -0.05) is 17.7 Å². The Morgan fingerprint density at radius 1 is 1.09 bits per heavy atom. The maximum Gasteiger partial charge on any atom is 0.243 e. The number of carbonyl (C=O) groups excluding carboxylic acids is 1. The van der Waals surface area contributed by atoms with Gasteiger partial charge in [0.1, 0.15) is 11.5 Å². The summed E-state index contributed by atoms with van der Waals surface area (Å²) in [6.45, 7) is 2.00. The van der Waals surface area contributed by atoms with Gasteiger partial charge in [0.25, 0.3) is 0 Å². The van der Waals surface area contributed by atoms with E-state index >= 15 is 0 Å². The van der Waals surface area contributed by atoms with E-state index in [1.54, 1.807) is 44.6 Å². The van der Waals surface area contributed by atoms with Gasteiger partial charge in [0, 0.05) is 16.8 Å². The topological polar surface area (TPSA) is 59.6 Å². The molecular formula is C17H19ClN2O3. The fraction of sp³-hybridized carbons (Fsp3) is 0.235. The molecule has 0 aliphatic carbocycles. The lowest BCUT2D eigenvalue weighted by Crippen LogP contribution is -2.22. The quantitative estimate of drug-likeness (QED) is 0.845. The van der Waals surface area contributed by atoms with E-state index in [1.165, 1.54) is 0 Å². The molecule has 0 bridgehead atoms. The molecule has 1 amide bonds. The second-order valence-corrected chi connectivity index (χ2v) is 5.36. The van der Waals surface area contributed by atoms with Crippen molar-refractivity contribution in [2.24, 2.45) is 0 Å². The Hall–Kier alpha value is -2.40. The zero-order valence-corrected chi connectivity index (χ0v) is 14.0. The van der Waals surface area contributed by atoms with E-state index in [9.17, 15) is 4.79 Å². The monoisotopic (exact) mass is 334 g/mol. The van der Waals surface area contributed by atoms with E-state index < -0.39 is 0 Å². The minimum absolute atomic E-state index is 0.0927. The molecule has 0 aromatic heterocycles. The number of benzene rings is 2. The number of rotatable bonds is 6. The number of hydrogen-bond donors (Lipinski definition) is 2. The molecule has 0 atom stereocenters. The Bertz CT molecular complexity index is 704. The SMILES string of the molecule is COc1ccc(OC)c(NCC(=O)Nc2cc(Cl)ccc2C)c1. The lowest BCUT2D eigenvalue weighted by molar-refractivity contribution is -0.114. The molecule has 0 radical (unpaired) electrons. The molecule has 6 heteroatoms. The summed E-state index contributed by atoms with van der Waals surface area (Å²) in [4.78, 5) is 12.1. The number of anilines is 2. The molecule has 0 unspecified atom stereocenters. The zero-order chi connectivity index (χ0) is 16.8. The van der Waals surface area contributed by atoms with E-state index in [0.717, 1.165) is 5.56 Å². The summed E-state index contributed by atoms with van der Waals surface area (Å²) in [5.41, 5.74) is 2.33. The van der Waals surface area contributed by atoms with Gasteiger partial charge < -0.3 is 20.1 Å². The van der Waals surface area contributed by atoms with Crippen molar-refractivity contribution >= 4 is 28.9 Å². The molecule has 0 heterocycles. The van der Waals surface area contributed by atoms with Gasteiger partial charge in [0.2, 0.25) is 5.91 Å². The smallest absolute Gasteiger partial charge is 0.243 e. The highest BCUT2D eigenvalue weighted by Crippen LogP contribution is 2.28. The Balaban J connectivity index is 2.03. The summed E-state index contributed by atoms with van der Waals surface area (Å²) in [7, 11) is 3.16.